The van der Waals surface area contributed by atoms with Crippen LogP contribution in [0.15, 0.2) is 24.3 Å². The lowest BCUT2D eigenvalue weighted by atomic mass is 10.1. The minimum Gasteiger partial charge on any atom is -0.377 e. The van der Waals surface area contributed by atoms with E-state index in [9.17, 15) is 4.79 Å². The summed E-state index contributed by atoms with van der Waals surface area (Å²) >= 11 is 5.37. The lowest BCUT2D eigenvalue weighted by Crippen LogP contribution is -2.51. The second kappa shape index (κ2) is 8.55. The number of ether oxygens (including phenoxy) is 1. The Morgan fingerprint density at radius 3 is 2.68 bits per heavy atom. The molecule has 1 unspecified atom stereocenters. The van der Waals surface area contributed by atoms with Crippen LogP contribution >= 0.6 is 12.2 Å². The van der Waals surface area contributed by atoms with Crippen LogP contribution < -0.4 is 0 Å². The summed E-state index contributed by atoms with van der Waals surface area (Å²) in [5.74, 6) is 0.790. The van der Waals surface area contributed by atoms with Crippen LogP contribution in [0.5, 0.6) is 0 Å². The summed E-state index contributed by atoms with van der Waals surface area (Å²) in [5.41, 5.74) is 2.13. The van der Waals surface area contributed by atoms with Crippen LogP contribution in [0.2, 0.25) is 0 Å². The molecule has 2 fully saturated rings. The first-order valence-electron chi connectivity index (χ1n) is 9.94. The summed E-state index contributed by atoms with van der Waals surface area (Å²) in [6.45, 7) is 7.41. The fourth-order valence-electron chi connectivity index (χ4n) is 3.88. The first kappa shape index (κ1) is 19.3. The number of hydrogen-bond donors (Lipinski definition) is 1. The van der Waals surface area contributed by atoms with Crippen LogP contribution in [0.1, 0.15) is 18.4 Å². The Kier molecular flexibility index (Phi) is 5.89. The fourth-order valence-corrected chi connectivity index (χ4v) is 4.08. The number of carbonyl (C=O) groups excluding carboxylic acids is 1. The number of aryl methyl sites for hydroxylation is 1. The third kappa shape index (κ3) is 4.34. The molecule has 8 heteroatoms. The fraction of sp³-hybridized carbons (Fsp3) is 0.550. The van der Waals surface area contributed by atoms with Crippen molar-refractivity contribution >= 4 is 18.1 Å². The average molecular weight is 402 g/mol. The number of hydrogen-bond acceptors (Lipinski definition) is 5. The maximum Gasteiger partial charge on any atom is 0.242 e. The van der Waals surface area contributed by atoms with E-state index >= 15 is 0 Å². The van der Waals surface area contributed by atoms with Crippen molar-refractivity contribution in [1.29, 1.82) is 0 Å². The second-order valence-corrected chi connectivity index (χ2v) is 8.01. The van der Waals surface area contributed by atoms with Crippen LogP contribution in [0.3, 0.4) is 0 Å². The van der Waals surface area contributed by atoms with Gasteiger partial charge in [0, 0.05) is 44.9 Å². The van der Waals surface area contributed by atoms with Crippen molar-refractivity contribution in [2.75, 3.05) is 39.3 Å². The SMILES string of the molecule is Cc1ccc(-c2n[nH]c(=S)n2CC(=O)N2CCN(CC3CCCO3)CC2)cc1. The van der Waals surface area contributed by atoms with Crippen LogP contribution in [-0.2, 0) is 16.1 Å². The van der Waals surface area contributed by atoms with E-state index in [0.29, 0.717) is 16.7 Å². The molecule has 1 N–H and O–H groups in total. The summed E-state index contributed by atoms with van der Waals surface area (Å²) in [6.07, 6.45) is 2.68. The zero-order valence-corrected chi connectivity index (χ0v) is 17.1. The van der Waals surface area contributed by atoms with E-state index in [0.717, 1.165) is 57.7 Å². The van der Waals surface area contributed by atoms with Crippen LogP contribution in [0, 0.1) is 11.7 Å². The predicted octanol–water partition coefficient (Wildman–Crippen LogP) is 2.24. The number of aromatic nitrogens is 3. The lowest BCUT2D eigenvalue weighted by Gasteiger charge is -2.35. The van der Waals surface area contributed by atoms with Crippen LogP contribution in [0.4, 0.5) is 0 Å². The largest absolute Gasteiger partial charge is 0.377 e. The van der Waals surface area contributed by atoms with Gasteiger partial charge in [0.2, 0.25) is 5.91 Å². The molecule has 7 nitrogen and oxygen atoms in total. The molecule has 0 radical (unpaired) electrons. The molecule has 4 rings (SSSR count). The third-order valence-electron chi connectivity index (χ3n) is 5.57. The molecule has 0 saturated carbocycles. The smallest absolute Gasteiger partial charge is 0.242 e. The van der Waals surface area contributed by atoms with E-state index in [1.165, 1.54) is 5.56 Å². The topological polar surface area (TPSA) is 66.4 Å². The van der Waals surface area contributed by atoms with Crippen molar-refractivity contribution in [3.05, 3.63) is 34.6 Å². The molecule has 0 bridgehead atoms. The van der Waals surface area contributed by atoms with Gasteiger partial charge in [-0.2, -0.15) is 5.10 Å². The Morgan fingerprint density at radius 2 is 2.00 bits per heavy atom. The average Bonchev–Trinajstić information content (AvgIpc) is 3.34. The molecule has 1 aromatic carbocycles. The van der Waals surface area contributed by atoms with Gasteiger partial charge in [0.05, 0.1) is 6.10 Å². The van der Waals surface area contributed by atoms with Crippen molar-refractivity contribution in [2.45, 2.75) is 32.4 Å². The quantitative estimate of drug-likeness (QED) is 0.779. The van der Waals surface area contributed by atoms with Gasteiger partial charge in [0.15, 0.2) is 10.6 Å². The zero-order chi connectivity index (χ0) is 19.5. The molecule has 0 spiro atoms. The summed E-state index contributed by atoms with van der Waals surface area (Å²) in [7, 11) is 0. The van der Waals surface area contributed by atoms with Gasteiger partial charge in [-0.05, 0) is 32.0 Å². The highest BCUT2D eigenvalue weighted by molar-refractivity contribution is 7.71. The van der Waals surface area contributed by atoms with Gasteiger partial charge in [0.25, 0.3) is 0 Å². The maximum absolute atomic E-state index is 12.9. The van der Waals surface area contributed by atoms with Gasteiger partial charge in [-0.25, -0.2) is 0 Å². The molecule has 2 aliphatic rings. The summed E-state index contributed by atoms with van der Waals surface area (Å²) in [4.78, 5) is 17.2. The number of carbonyl (C=O) groups is 1. The standard InChI is InChI=1S/C20H27N5O2S/c1-15-4-6-16(7-5-15)19-21-22-20(28)25(19)14-18(26)24-10-8-23(9-11-24)13-17-3-2-12-27-17/h4-7,17H,2-3,8-14H2,1H3,(H,22,28). The monoisotopic (exact) mass is 401 g/mol. The van der Waals surface area contributed by atoms with E-state index in [-0.39, 0.29) is 12.5 Å². The van der Waals surface area contributed by atoms with E-state index in [1.54, 1.807) is 4.57 Å². The Hall–Kier alpha value is -2.03. The molecular formula is C20H27N5O2S. The second-order valence-electron chi connectivity index (χ2n) is 7.62. The number of aromatic amines is 1. The third-order valence-corrected chi connectivity index (χ3v) is 5.88. The normalized spacial score (nSPS) is 20.6. The molecule has 1 amide bonds. The van der Waals surface area contributed by atoms with E-state index in [4.69, 9.17) is 17.0 Å². The molecule has 3 heterocycles. The first-order valence-corrected chi connectivity index (χ1v) is 10.3. The zero-order valence-electron chi connectivity index (χ0n) is 16.3. The van der Waals surface area contributed by atoms with Crippen molar-refractivity contribution in [2.24, 2.45) is 0 Å². The highest BCUT2D eigenvalue weighted by Gasteiger charge is 2.25. The van der Waals surface area contributed by atoms with Gasteiger partial charge in [-0.3, -0.25) is 19.4 Å². The number of amides is 1. The number of nitrogens with one attached hydrogen (secondary N) is 1. The van der Waals surface area contributed by atoms with Gasteiger partial charge < -0.3 is 9.64 Å². The highest BCUT2D eigenvalue weighted by Crippen LogP contribution is 2.19. The molecule has 28 heavy (non-hydrogen) atoms. The Morgan fingerprint density at radius 1 is 1.25 bits per heavy atom. The predicted molar refractivity (Wildman–Crippen MR) is 110 cm³/mol. The Labute approximate surface area is 170 Å². The number of rotatable bonds is 5. The number of H-pyrrole nitrogens is 1. The number of nitrogens with zero attached hydrogens (tertiary/aromatic N) is 4. The molecule has 2 saturated heterocycles. The van der Waals surface area contributed by atoms with Gasteiger partial charge in [0.1, 0.15) is 6.54 Å². The minimum atomic E-state index is 0.0858. The molecule has 1 atom stereocenters. The highest BCUT2D eigenvalue weighted by atomic mass is 32.1. The summed E-state index contributed by atoms with van der Waals surface area (Å²) in [6, 6.07) is 8.08. The molecular weight excluding hydrogens is 374 g/mol. The summed E-state index contributed by atoms with van der Waals surface area (Å²) < 4.78 is 7.99. The molecule has 2 aromatic rings. The number of benzene rings is 1. The molecule has 2 aliphatic heterocycles. The van der Waals surface area contributed by atoms with Crippen molar-refractivity contribution < 1.29 is 9.53 Å². The Bertz CT molecular complexity index is 861. The van der Waals surface area contributed by atoms with E-state index in [2.05, 4.69) is 15.1 Å². The molecule has 0 aliphatic carbocycles. The van der Waals surface area contributed by atoms with Crippen molar-refractivity contribution in [3.8, 4) is 11.4 Å². The van der Waals surface area contributed by atoms with Crippen LogP contribution in [-0.4, -0.2) is 75.9 Å². The van der Waals surface area contributed by atoms with Gasteiger partial charge in [-0.15, -0.1) is 0 Å². The molecule has 150 valence electrons. The number of piperazine rings is 1. The van der Waals surface area contributed by atoms with E-state index < -0.39 is 0 Å². The van der Waals surface area contributed by atoms with Gasteiger partial charge in [-0.1, -0.05) is 29.8 Å². The van der Waals surface area contributed by atoms with Crippen LogP contribution in [0.25, 0.3) is 11.4 Å². The molecule has 1 aromatic heterocycles. The van der Waals surface area contributed by atoms with Crippen molar-refractivity contribution in [1.82, 2.24) is 24.6 Å². The minimum absolute atomic E-state index is 0.0858. The lowest BCUT2D eigenvalue weighted by molar-refractivity contribution is -0.133. The van der Waals surface area contributed by atoms with E-state index in [1.807, 2.05) is 36.1 Å². The maximum atomic E-state index is 12.9. The van der Waals surface area contributed by atoms with Crippen molar-refractivity contribution in [3.63, 3.8) is 0 Å². The van der Waals surface area contributed by atoms with Gasteiger partial charge >= 0.3 is 0 Å². The Balaban J connectivity index is 1.37. The first-order chi connectivity index (χ1) is 13.6. The summed E-state index contributed by atoms with van der Waals surface area (Å²) in [5, 5.41) is 7.17.